The lowest BCUT2D eigenvalue weighted by atomic mass is 9.75. The molecule has 4 heteroatoms. The van der Waals surface area contributed by atoms with E-state index in [1.807, 2.05) is 31.2 Å². The van der Waals surface area contributed by atoms with Crippen LogP contribution in [0.15, 0.2) is 24.3 Å². The van der Waals surface area contributed by atoms with E-state index in [9.17, 15) is 14.4 Å². The van der Waals surface area contributed by atoms with Crippen LogP contribution in [-0.2, 0) is 20.8 Å². The number of ether oxygens (including phenoxy) is 1. The van der Waals surface area contributed by atoms with Crippen molar-refractivity contribution < 1.29 is 19.1 Å². The first kappa shape index (κ1) is 19.4. The van der Waals surface area contributed by atoms with Gasteiger partial charge in [0, 0.05) is 25.7 Å². The lowest BCUT2D eigenvalue weighted by molar-refractivity contribution is -0.136. The molecule has 1 aliphatic rings. The topological polar surface area (TPSA) is 60.4 Å². The molecule has 0 aliphatic heterocycles. The number of carbonyl (C=O) groups excluding carboxylic acids is 3. The molecule has 1 aromatic carbocycles. The second-order valence-electron chi connectivity index (χ2n) is 6.92. The molecule has 0 bridgehead atoms. The normalized spacial score (nSPS) is 16.2. The Kier molecular flexibility index (Phi) is 6.91. The number of carbonyl (C=O) groups is 3. The van der Waals surface area contributed by atoms with Crippen LogP contribution >= 0.6 is 0 Å². The van der Waals surface area contributed by atoms with E-state index in [2.05, 4.69) is 0 Å². The molecule has 4 nitrogen and oxygen atoms in total. The molecule has 0 saturated heterocycles. The van der Waals surface area contributed by atoms with Gasteiger partial charge in [0.25, 0.3) is 0 Å². The van der Waals surface area contributed by atoms with Crippen LogP contribution in [0.5, 0.6) is 5.75 Å². The third-order valence-electron chi connectivity index (χ3n) is 5.21. The molecule has 0 amide bonds. The van der Waals surface area contributed by atoms with Gasteiger partial charge in [-0.1, -0.05) is 25.5 Å². The summed E-state index contributed by atoms with van der Waals surface area (Å²) in [6.07, 6.45) is 4.89. The zero-order chi connectivity index (χ0) is 18.3. The summed E-state index contributed by atoms with van der Waals surface area (Å²) in [4.78, 5) is 36.7. The SMILES string of the molecule is CCCC1(CCC(=O)CCCc2cccc(OC)c2)C(=O)CCC1=O. The Morgan fingerprint density at radius 1 is 1.12 bits per heavy atom. The quantitative estimate of drug-likeness (QED) is 0.600. The Morgan fingerprint density at radius 3 is 2.48 bits per heavy atom. The molecule has 0 heterocycles. The molecule has 2 rings (SSSR count). The van der Waals surface area contributed by atoms with E-state index in [4.69, 9.17) is 4.74 Å². The Labute approximate surface area is 149 Å². The number of methoxy groups -OCH3 is 1. The van der Waals surface area contributed by atoms with Crippen LogP contribution in [0.3, 0.4) is 0 Å². The highest BCUT2D eigenvalue weighted by molar-refractivity contribution is 6.13. The predicted molar refractivity (Wildman–Crippen MR) is 96.8 cm³/mol. The largest absolute Gasteiger partial charge is 0.497 e. The first-order valence-electron chi connectivity index (χ1n) is 9.23. The smallest absolute Gasteiger partial charge is 0.146 e. The maximum absolute atomic E-state index is 12.2. The summed E-state index contributed by atoms with van der Waals surface area (Å²) in [5.41, 5.74) is 0.285. The third kappa shape index (κ3) is 4.77. The number of rotatable bonds is 10. The molecule has 0 N–H and O–H groups in total. The minimum Gasteiger partial charge on any atom is -0.497 e. The van der Waals surface area contributed by atoms with Gasteiger partial charge in [0.05, 0.1) is 12.5 Å². The van der Waals surface area contributed by atoms with E-state index in [1.165, 1.54) is 0 Å². The van der Waals surface area contributed by atoms with Gasteiger partial charge in [0.1, 0.15) is 23.1 Å². The highest BCUT2D eigenvalue weighted by Crippen LogP contribution is 2.40. The predicted octanol–water partition coefficient (Wildman–Crippen LogP) is 4.09. The maximum atomic E-state index is 12.2. The van der Waals surface area contributed by atoms with Crippen molar-refractivity contribution in [2.45, 2.75) is 64.7 Å². The fourth-order valence-electron chi connectivity index (χ4n) is 3.77. The summed E-state index contributed by atoms with van der Waals surface area (Å²) >= 11 is 0. The van der Waals surface area contributed by atoms with Crippen LogP contribution < -0.4 is 4.74 Å². The second-order valence-corrected chi connectivity index (χ2v) is 6.92. The van der Waals surface area contributed by atoms with Crippen LogP contribution in [0.25, 0.3) is 0 Å². The molecule has 25 heavy (non-hydrogen) atoms. The van der Waals surface area contributed by atoms with Gasteiger partial charge in [-0.3, -0.25) is 14.4 Å². The number of aryl methyl sites for hydroxylation is 1. The van der Waals surface area contributed by atoms with E-state index < -0.39 is 5.41 Å². The van der Waals surface area contributed by atoms with E-state index in [-0.39, 0.29) is 17.3 Å². The van der Waals surface area contributed by atoms with Crippen LogP contribution in [-0.4, -0.2) is 24.5 Å². The van der Waals surface area contributed by atoms with Crippen molar-refractivity contribution in [3.05, 3.63) is 29.8 Å². The van der Waals surface area contributed by atoms with Gasteiger partial charge < -0.3 is 4.74 Å². The Bertz CT molecular complexity index is 617. The average Bonchev–Trinajstić information content (AvgIpc) is 2.89. The van der Waals surface area contributed by atoms with E-state index in [0.717, 1.165) is 30.6 Å². The van der Waals surface area contributed by atoms with Gasteiger partial charge in [-0.15, -0.1) is 0 Å². The van der Waals surface area contributed by atoms with Crippen molar-refractivity contribution in [3.8, 4) is 5.75 Å². The summed E-state index contributed by atoms with van der Waals surface area (Å²) in [7, 11) is 1.64. The Morgan fingerprint density at radius 2 is 1.84 bits per heavy atom. The van der Waals surface area contributed by atoms with Crippen molar-refractivity contribution in [2.24, 2.45) is 5.41 Å². The molecule has 1 fully saturated rings. The molecule has 1 aliphatic carbocycles. The molecule has 1 aromatic rings. The van der Waals surface area contributed by atoms with Gasteiger partial charge in [-0.2, -0.15) is 0 Å². The van der Waals surface area contributed by atoms with E-state index in [0.29, 0.717) is 38.5 Å². The van der Waals surface area contributed by atoms with Gasteiger partial charge in [-0.05, 0) is 43.4 Å². The third-order valence-corrected chi connectivity index (χ3v) is 5.21. The number of ketones is 3. The van der Waals surface area contributed by atoms with Gasteiger partial charge in [-0.25, -0.2) is 0 Å². The summed E-state index contributed by atoms with van der Waals surface area (Å²) in [6.45, 7) is 1.98. The number of Topliss-reactive ketones (excluding diaryl/α,β-unsaturated/α-hetero) is 3. The fraction of sp³-hybridized carbons (Fsp3) is 0.571. The van der Waals surface area contributed by atoms with Crippen molar-refractivity contribution in [1.29, 1.82) is 0 Å². The molecule has 0 atom stereocenters. The van der Waals surface area contributed by atoms with Gasteiger partial charge in [0.2, 0.25) is 0 Å². The van der Waals surface area contributed by atoms with Crippen LogP contribution in [0.4, 0.5) is 0 Å². The average molecular weight is 344 g/mol. The minimum atomic E-state index is -0.864. The second kappa shape index (κ2) is 8.93. The lowest BCUT2D eigenvalue weighted by Gasteiger charge is -2.24. The Hall–Kier alpha value is -1.97. The molecular weight excluding hydrogens is 316 g/mol. The van der Waals surface area contributed by atoms with Crippen LogP contribution in [0.2, 0.25) is 0 Å². The number of benzene rings is 1. The first-order chi connectivity index (χ1) is 12.0. The standard InChI is InChI=1S/C21H28O4/c1-3-13-21(19(23)10-11-20(21)24)14-12-17(22)8-4-6-16-7-5-9-18(15-16)25-2/h5,7,9,15H,3-4,6,8,10-14H2,1-2H3. The number of hydrogen-bond donors (Lipinski definition) is 0. The monoisotopic (exact) mass is 344 g/mol. The number of hydrogen-bond acceptors (Lipinski definition) is 4. The molecule has 136 valence electrons. The highest BCUT2D eigenvalue weighted by atomic mass is 16.5. The van der Waals surface area contributed by atoms with E-state index >= 15 is 0 Å². The van der Waals surface area contributed by atoms with Crippen LogP contribution in [0.1, 0.15) is 63.9 Å². The highest BCUT2D eigenvalue weighted by Gasteiger charge is 2.47. The molecule has 0 radical (unpaired) electrons. The summed E-state index contributed by atoms with van der Waals surface area (Å²) in [6, 6.07) is 7.86. The van der Waals surface area contributed by atoms with E-state index in [1.54, 1.807) is 7.11 Å². The van der Waals surface area contributed by atoms with Gasteiger partial charge >= 0.3 is 0 Å². The lowest BCUT2D eigenvalue weighted by Crippen LogP contribution is -2.33. The van der Waals surface area contributed by atoms with Gasteiger partial charge in [0.15, 0.2) is 0 Å². The zero-order valence-corrected chi connectivity index (χ0v) is 15.3. The molecule has 0 spiro atoms. The molecule has 1 saturated carbocycles. The summed E-state index contributed by atoms with van der Waals surface area (Å²) in [5.74, 6) is 1.06. The molecule has 0 unspecified atom stereocenters. The van der Waals surface area contributed by atoms with Crippen molar-refractivity contribution in [2.75, 3.05) is 7.11 Å². The van der Waals surface area contributed by atoms with Crippen molar-refractivity contribution in [1.82, 2.24) is 0 Å². The van der Waals surface area contributed by atoms with Crippen molar-refractivity contribution >= 4 is 17.3 Å². The summed E-state index contributed by atoms with van der Waals surface area (Å²) in [5, 5.41) is 0. The minimum absolute atomic E-state index is 0.0449. The first-order valence-corrected chi connectivity index (χ1v) is 9.23. The van der Waals surface area contributed by atoms with Crippen molar-refractivity contribution in [3.63, 3.8) is 0 Å². The fourth-order valence-corrected chi connectivity index (χ4v) is 3.77. The Balaban J connectivity index is 1.81. The maximum Gasteiger partial charge on any atom is 0.146 e. The van der Waals surface area contributed by atoms with Crippen LogP contribution in [0, 0.1) is 5.41 Å². The molecule has 0 aromatic heterocycles. The summed E-state index contributed by atoms with van der Waals surface area (Å²) < 4.78 is 5.20. The zero-order valence-electron chi connectivity index (χ0n) is 15.3. The molecular formula is C21H28O4.